The zero-order valence-electron chi connectivity index (χ0n) is 13.0. The highest BCUT2D eigenvalue weighted by Gasteiger charge is 2.06. The van der Waals surface area contributed by atoms with Crippen LogP contribution in [0.3, 0.4) is 0 Å². The maximum absolute atomic E-state index is 5.67. The molecule has 2 aromatic rings. The van der Waals surface area contributed by atoms with Crippen LogP contribution in [-0.2, 0) is 0 Å². The van der Waals surface area contributed by atoms with Crippen molar-refractivity contribution >= 4 is 5.82 Å². The predicted molar refractivity (Wildman–Crippen MR) is 86.8 cm³/mol. The molecule has 0 unspecified atom stereocenters. The van der Waals surface area contributed by atoms with Crippen LogP contribution in [0.2, 0.25) is 0 Å². The number of aryl methyl sites for hydroxylation is 1. The van der Waals surface area contributed by atoms with Gasteiger partial charge in [-0.05, 0) is 31.9 Å². The highest BCUT2D eigenvalue weighted by atomic mass is 16.5. The maximum Gasteiger partial charge on any atom is 0.161 e. The van der Waals surface area contributed by atoms with Gasteiger partial charge >= 0.3 is 0 Å². The Balaban J connectivity index is 2.26. The smallest absolute Gasteiger partial charge is 0.161 e. The second-order valence-corrected chi connectivity index (χ2v) is 5.02. The van der Waals surface area contributed by atoms with Gasteiger partial charge in [0, 0.05) is 23.9 Å². The lowest BCUT2D eigenvalue weighted by atomic mass is 10.2. The van der Waals surface area contributed by atoms with Crippen molar-refractivity contribution in [1.29, 1.82) is 0 Å². The molecule has 4 nitrogen and oxygen atoms in total. The number of ether oxygens (including phenoxy) is 1. The molecule has 0 aliphatic carbocycles. The van der Waals surface area contributed by atoms with E-state index in [1.807, 2.05) is 37.3 Å². The van der Waals surface area contributed by atoms with Crippen LogP contribution in [0, 0.1) is 6.92 Å². The van der Waals surface area contributed by atoms with E-state index in [1.165, 1.54) is 0 Å². The quantitative estimate of drug-likeness (QED) is 0.833. The van der Waals surface area contributed by atoms with E-state index in [0.29, 0.717) is 0 Å². The minimum absolute atomic E-state index is 0.724. The fourth-order valence-corrected chi connectivity index (χ4v) is 1.99. The Morgan fingerprint density at radius 3 is 2.71 bits per heavy atom. The SMILES string of the molecule is CCCNc1cc(C)nc(-c2cccc(OCCC)c2)n1. The van der Waals surface area contributed by atoms with E-state index in [1.54, 1.807) is 0 Å². The molecule has 1 heterocycles. The molecule has 2 rings (SSSR count). The van der Waals surface area contributed by atoms with Gasteiger partial charge in [0.05, 0.1) is 6.61 Å². The van der Waals surface area contributed by atoms with Crippen molar-refractivity contribution in [2.45, 2.75) is 33.6 Å². The first-order valence-electron chi connectivity index (χ1n) is 7.55. The zero-order chi connectivity index (χ0) is 15.1. The molecule has 0 radical (unpaired) electrons. The van der Waals surface area contributed by atoms with E-state index < -0.39 is 0 Å². The Hall–Kier alpha value is -2.10. The maximum atomic E-state index is 5.67. The van der Waals surface area contributed by atoms with Crippen LogP contribution in [0.1, 0.15) is 32.4 Å². The average molecular weight is 285 g/mol. The average Bonchev–Trinajstić information content (AvgIpc) is 2.50. The van der Waals surface area contributed by atoms with Gasteiger partial charge in [0.15, 0.2) is 5.82 Å². The standard InChI is InChI=1S/C17H23N3O/c1-4-9-18-16-11-13(3)19-17(20-16)14-7-6-8-15(12-14)21-10-5-2/h6-8,11-12H,4-5,9-10H2,1-3H3,(H,18,19,20). The largest absolute Gasteiger partial charge is 0.494 e. The Morgan fingerprint density at radius 1 is 1.10 bits per heavy atom. The van der Waals surface area contributed by atoms with Crippen LogP contribution in [0.25, 0.3) is 11.4 Å². The van der Waals surface area contributed by atoms with Crippen molar-refractivity contribution in [3.05, 3.63) is 36.0 Å². The number of anilines is 1. The molecule has 0 saturated heterocycles. The van der Waals surface area contributed by atoms with Gasteiger partial charge in [-0.2, -0.15) is 0 Å². The third kappa shape index (κ3) is 4.45. The lowest BCUT2D eigenvalue weighted by molar-refractivity contribution is 0.317. The van der Waals surface area contributed by atoms with Gasteiger partial charge in [-0.1, -0.05) is 26.0 Å². The second kappa shape index (κ2) is 7.62. The Bertz CT molecular complexity index is 584. The summed E-state index contributed by atoms with van der Waals surface area (Å²) < 4.78 is 5.67. The van der Waals surface area contributed by atoms with Crippen molar-refractivity contribution in [2.24, 2.45) is 0 Å². The summed E-state index contributed by atoms with van der Waals surface area (Å²) in [6.07, 6.45) is 2.06. The van der Waals surface area contributed by atoms with E-state index in [0.717, 1.165) is 54.6 Å². The fraction of sp³-hybridized carbons (Fsp3) is 0.412. The lowest BCUT2D eigenvalue weighted by Crippen LogP contribution is -2.04. The first kappa shape index (κ1) is 15.3. The summed E-state index contributed by atoms with van der Waals surface area (Å²) >= 11 is 0. The molecule has 0 spiro atoms. The summed E-state index contributed by atoms with van der Waals surface area (Å²) in [7, 11) is 0. The normalized spacial score (nSPS) is 10.4. The van der Waals surface area contributed by atoms with Crippen molar-refractivity contribution in [3.8, 4) is 17.1 Å². The van der Waals surface area contributed by atoms with Gasteiger partial charge in [0.25, 0.3) is 0 Å². The summed E-state index contributed by atoms with van der Waals surface area (Å²) in [6, 6.07) is 9.91. The van der Waals surface area contributed by atoms with Crippen molar-refractivity contribution in [1.82, 2.24) is 9.97 Å². The van der Waals surface area contributed by atoms with Crippen LogP contribution in [0.4, 0.5) is 5.82 Å². The van der Waals surface area contributed by atoms with E-state index in [2.05, 4.69) is 29.1 Å². The molecule has 0 saturated carbocycles. The van der Waals surface area contributed by atoms with Crippen LogP contribution in [0.5, 0.6) is 5.75 Å². The van der Waals surface area contributed by atoms with Gasteiger partial charge in [-0.25, -0.2) is 9.97 Å². The van der Waals surface area contributed by atoms with Crippen LogP contribution in [0.15, 0.2) is 30.3 Å². The van der Waals surface area contributed by atoms with E-state index in [4.69, 9.17) is 4.74 Å². The molecule has 0 aliphatic heterocycles. The number of hydrogen-bond donors (Lipinski definition) is 1. The van der Waals surface area contributed by atoms with E-state index in [-0.39, 0.29) is 0 Å². The zero-order valence-corrected chi connectivity index (χ0v) is 13.0. The molecular formula is C17H23N3O. The summed E-state index contributed by atoms with van der Waals surface area (Å²) in [5.74, 6) is 2.47. The highest BCUT2D eigenvalue weighted by molar-refractivity contribution is 5.59. The Morgan fingerprint density at radius 2 is 1.95 bits per heavy atom. The van der Waals surface area contributed by atoms with Crippen molar-refractivity contribution in [2.75, 3.05) is 18.5 Å². The second-order valence-electron chi connectivity index (χ2n) is 5.02. The van der Waals surface area contributed by atoms with Gasteiger partial charge in [0.1, 0.15) is 11.6 Å². The predicted octanol–water partition coefficient (Wildman–Crippen LogP) is 4.06. The van der Waals surface area contributed by atoms with Crippen LogP contribution < -0.4 is 10.1 Å². The fourth-order valence-electron chi connectivity index (χ4n) is 1.99. The first-order valence-corrected chi connectivity index (χ1v) is 7.55. The van der Waals surface area contributed by atoms with E-state index in [9.17, 15) is 0 Å². The molecule has 0 aliphatic rings. The first-order chi connectivity index (χ1) is 10.2. The summed E-state index contributed by atoms with van der Waals surface area (Å²) in [6.45, 7) is 7.85. The molecule has 1 aromatic carbocycles. The van der Waals surface area contributed by atoms with Gasteiger partial charge in [0.2, 0.25) is 0 Å². The van der Waals surface area contributed by atoms with Gasteiger partial charge < -0.3 is 10.1 Å². The van der Waals surface area contributed by atoms with Crippen LogP contribution >= 0.6 is 0 Å². The minimum atomic E-state index is 0.724. The van der Waals surface area contributed by atoms with Crippen LogP contribution in [-0.4, -0.2) is 23.1 Å². The molecule has 0 fully saturated rings. The summed E-state index contributed by atoms with van der Waals surface area (Å²) in [5.41, 5.74) is 1.94. The van der Waals surface area contributed by atoms with Gasteiger partial charge in [-0.3, -0.25) is 0 Å². The van der Waals surface area contributed by atoms with Gasteiger partial charge in [-0.15, -0.1) is 0 Å². The number of nitrogens with one attached hydrogen (secondary N) is 1. The third-order valence-electron chi connectivity index (χ3n) is 2.98. The number of benzene rings is 1. The topological polar surface area (TPSA) is 47.0 Å². The number of nitrogens with zero attached hydrogens (tertiary/aromatic N) is 2. The molecule has 0 atom stereocenters. The number of rotatable bonds is 7. The Labute approximate surface area is 126 Å². The molecule has 4 heteroatoms. The number of hydrogen-bond acceptors (Lipinski definition) is 4. The summed E-state index contributed by atoms with van der Waals surface area (Å²) in [5, 5.41) is 3.31. The molecule has 21 heavy (non-hydrogen) atoms. The monoisotopic (exact) mass is 285 g/mol. The number of aromatic nitrogens is 2. The molecule has 1 N–H and O–H groups in total. The minimum Gasteiger partial charge on any atom is -0.494 e. The van der Waals surface area contributed by atoms with Crippen molar-refractivity contribution in [3.63, 3.8) is 0 Å². The molecular weight excluding hydrogens is 262 g/mol. The van der Waals surface area contributed by atoms with Crippen molar-refractivity contribution < 1.29 is 4.74 Å². The molecule has 1 aromatic heterocycles. The third-order valence-corrected chi connectivity index (χ3v) is 2.98. The molecule has 0 bridgehead atoms. The molecule has 112 valence electrons. The lowest BCUT2D eigenvalue weighted by Gasteiger charge is -2.09. The molecule has 0 amide bonds. The van der Waals surface area contributed by atoms with E-state index >= 15 is 0 Å². The summed E-state index contributed by atoms with van der Waals surface area (Å²) in [4.78, 5) is 9.11. The Kier molecular flexibility index (Phi) is 5.55. The highest BCUT2D eigenvalue weighted by Crippen LogP contribution is 2.22.